The largest absolute Gasteiger partial charge is 0.488 e. The number of nitrogens with zero attached hydrogens (tertiary/aromatic N) is 1. The van der Waals surface area contributed by atoms with Crippen LogP contribution in [0.25, 0.3) is 0 Å². The average molecular weight is 276 g/mol. The van der Waals surface area contributed by atoms with Crippen LogP contribution in [0.2, 0.25) is 0 Å². The van der Waals surface area contributed by atoms with E-state index >= 15 is 0 Å². The minimum atomic E-state index is -0.117. The van der Waals surface area contributed by atoms with Crippen molar-refractivity contribution in [3.8, 4) is 11.5 Å². The Kier molecular flexibility index (Phi) is 3.61. The lowest BCUT2D eigenvalue weighted by atomic mass is 10.0. The molecule has 0 spiro atoms. The van der Waals surface area contributed by atoms with Gasteiger partial charge in [-0.15, -0.1) is 0 Å². The molecule has 0 amide bonds. The van der Waals surface area contributed by atoms with Crippen LogP contribution in [0.5, 0.6) is 11.5 Å². The number of hydrogen-bond acceptors (Lipinski definition) is 4. The van der Waals surface area contributed by atoms with Gasteiger partial charge in [0.2, 0.25) is 0 Å². The molecular formula is C16H24N2O2. The van der Waals surface area contributed by atoms with Crippen molar-refractivity contribution in [1.82, 2.24) is 4.90 Å². The van der Waals surface area contributed by atoms with Gasteiger partial charge in [-0.25, -0.2) is 0 Å². The summed E-state index contributed by atoms with van der Waals surface area (Å²) in [6, 6.07) is 6.17. The lowest BCUT2D eigenvalue weighted by molar-refractivity contribution is 0.0848. The van der Waals surface area contributed by atoms with Gasteiger partial charge < -0.3 is 15.2 Å². The molecular weight excluding hydrogens is 252 g/mol. The summed E-state index contributed by atoms with van der Waals surface area (Å²) in [6.45, 7) is 8.91. The number of ether oxygens (including phenoxy) is 2. The molecule has 2 N–H and O–H groups in total. The Balaban J connectivity index is 1.53. The molecule has 4 nitrogen and oxygen atoms in total. The smallest absolute Gasteiger partial charge is 0.165 e. The number of fused-ring (bicyclic) bond motifs is 1. The molecule has 2 aliphatic heterocycles. The molecule has 3 rings (SSSR count). The minimum Gasteiger partial charge on any atom is -0.488 e. The third-order valence-corrected chi connectivity index (χ3v) is 4.09. The molecule has 1 aromatic carbocycles. The van der Waals surface area contributed by atoms with E-state index in [0.717, 1.165) is 44.1 Å². The third-order valence-electron chi connectivity index (χ3n) is 4.09. The first-order chi connectivity index (χ1) is 9.57. The van der Waals surface area contributed by atoms with E-state index in [0.29, 0.717) is 12.5 Å². The van der Waals surface area contributed by atoms with E-state index in [1.807, 2.05) is 12.1 Å². The Bertz CT molecular complexity index is 481. The first-order valence-corrected chi connectivity index (χ1v) is 7.43. The second kappa shape index (κ2) is 5.26. The summed E-state index contributed by atoms with van der Waals surface area (Å²) < 4.78 is 11.9. The number of hydrogen-bond donors (Lipinski definition) is 1. The topological polar surface area (TPSA) is 47.7 Å². The van der Waals surface area contributed by atoms with Gasteiger partial charge >= 0.3 is 0 Å². The van der Waals surface area contributed by atoms with Crippen LogP contribution in [-0.2, 0) is 6.42 Å². The Labute approximate surface area is 120 Å². The lowest BCUT2D eigenvalue weighted by Crippen LogP contribution is -2.50. The summed E-state index contributed by atoms with van der Waals surface area (Å²) in [4.78, 5) is 2.38. The fraction of sp³-hybridized carbons (Fsp3) is 0.625. The molecule has 20 heavy (non-hydrogen) atoms. The van der Waals surface area contributed by atoms with Gasteiger partial charge in [0.15, 0.2) is 11.5 Å². The van der Waals surface area contributed by atoms with Gasteiger partial charge in [0.1, 0.15) is 12.2 Å². The molecule has 0 unspecified atom stereocenters. The zero-order valence-corrected chi connectivity index (χ0v) is 12.4. The van der Waals surface area contributed by atoms with Crippen molar-refractivity contribution in [1.29, 1.82) is 0 Å². The highest BCUT2D eigenvalue weighted by Gasteiger charge is 2.32. The molecule has 0 atom stereocenters. The van der Waals surface area contributed by atoms with Crippen molar-refractivity contribution in [2.24, 2.45) is 11.7 Å². The fourth-order valence-electron chi connectivity index (χ4n) is 2.99. The number of likely N-dealkylation sites (tertiary alicyclic amines) is 1. The van der Waals surface area contributed by atoms with Crippen LogP contribution >= 0.6 is 0 Å². The molecule has 110 valence electrons. The highest BCUT2D eigenvalue weighted by Crippen LogP contribution is 2.41. The second-order valence-electron chi connectivity index (χ2n) is 6.49. The predicted molar refractivity (Wildman–Crippen MR) is 79.3 cm³/mol. The van der Waals surface area contributed by atoms with Crippen molar-refractivity contribution in [2.75, 3.05) is 32.8 Å². The molecule has 1 fully saturated rings. The number of benzene rings is 1. The second-order valence-corrected chi connectivity index (χ2v) is 6.49. The molecule has 1 aromatic rings. The van der Waals surface area contributed by atoms with Crippen LogP contribution in [0.4, 0.5) is 0 Å². The van der Waals surface area contributed by atoms with E-state index in [-0.39, 0.29) is 5.60 Å². The fourth-order valence-corrected chi connectivity index (χ4v) is 2.99. The molecule has 0 saturated carbocycles. The predicted octanol–water partition coefficient (Wildman–Crippen LogP) is 1.67. The van der Waals surface area contributed by atoms with Crippen molar-refractivity contribution in [3.05, 3.63) is 23.8 Å². The molecule has 0 aromatic heterocycles. The summed E-state index contributed by atoms with van der Waals surface area (Å²) in [5.41, 5.74) is 6.76. The van der Waals surface area contributed by atoms with Crippen LogP contribution in [0.15, 0.2) is 18.2 Å². The highest BCUT2D eigenvalue weighted by atomic mass is 16.5. The van der Waals surface area contributed by atoms with Gasteiger partial charge in [-0.3, -0.25) is 4.90 Å². The molecule has 0 bridgehead atoms. The van der Waals surface area contributed by atoms with Crippen LogP contribution in [0.3, 0.4) is 0 Å². The van der Waals surface area contributed by atoms with Crippen LogP contribution in [0.1, 0.15) is 19.4 Å². The molecule has 0 aliphatic carbocycles. The maximum Gasteiger partial charge on any atom is 0.165 e. The maximum absolute atomic E-state index is 6.00. The van der Waals surface area contributed by atoms with Gasteiger partial charge in [-0.05, 0) is 32.4 Å². The van der Waals surface area contributed by atoms with Crippen LogP contribution in [0, 0.1) is 5.92 Å². The lowest BCUT2D eigenvalue weighted by Gasteiger charge is -2.38. The minimum absolute atomic E-state index is 0.117. The number of nitrogens with two attached hydrogens (primary N) is 1. The van der Waals surface area contributed by atoms with E-state index in [2.05, 4.69) is 24.8 Å². The van der Waals surface area contributed by atoms with Crippen molar-refractivity contribution in [2.45, 2.75) is 25.9 Å². The quantitative estimate of drug-likeness (QED) is 0.888. The van der Waals surface area contributed by atoms with Gasteiger partial charge in [0.25, 0.3) is 0 Å². The molecule has 2 heterocycles. The first-order valence-electron chi connectivity index (χ1n) is 7.43. The van der Waals surface area contributed by atoms with E-state index < -0.39 is 0 Å². The average Bonchev–Trinajstić information content (AvgIpc) is 2.66. The zero-order valence-electron chi connectivity index (χ0n) is 12.4. The number of para-hydroxylation sites is 1. The Morgan fingerprint density at radius 1 is 1.40 bits per heavy atom. The van der Waals surface area contributed by atoms with E-state index in [1.165, 1.54) is 5.56 Å². The monoisotopic (exact) mass is 276 g/mol. The summed E-state index contributed by atoms with van der Waals surface area (Å²) in [5.74, 6) is 2.49. The zero-order chi connectivity index (χ0) is 14.2. The summed E-state index contributed by atoms with van der Waals surface area (Å²) >= 11 is 0. The summed E-state index contributed by atoms with van der Waals surface area (Å²) in [6.07, 6.45) is 0.948. The Morgan fingerprint density at radius 3 is 2.95 bits per heavy atom. The van der Waals surface area contributed by atoms with Gasteiger partial charge in [0, 0.05) is 31.6 Å². The maximum atomic E-state index is 6.00. The normalized spacial score (nSPS) is 21.1. The van der Waals surface area contributed by atoms with E-state index in [4.69, 9.17) is 15.2 Å². The highest BCUT2D eigenvalue weighted by molar-refractivity contribution is 5.50. The van der Waals surface area contributed by atoms with Crippen molar-refractivity contribution >= 4 is 0 Å². The third kappa shape index (κ3) is 2.76. The van der Waals surface area contributed by atoms with Gasteiger partial charge in [-0.1, -0.05) is 12.1 Å². The molecule has 4 heteroatoms. The van der Waals surface area contributed by atoms with E-state index in [1.54, 1.807) is 0 Å². The van der Waals surface area contributed by atoms with Gasteiger partial charge in [0.05, 0.1) is 0 Å². The van der Waals surface area contributed by atoms with Crippen LogP contribution in [-0.4, -0.2) is 43.3 Å². The SMILES string of the molecule is CC1(C)Cc2cccc(OCCN3CC(CN)C3)c2O1. The van der Waals surface area contributed by atoms with Gasteiger partial charge in [-0.2, -0.15) is 0 Å². The molecule has 0 radical (unpaired) electrons. The molecule has 2 aliphatic rings. The Hall–Kier alpha value is -1.26. The number of rotatable bonds is 5. The Morgan fingerprint density at radius 2 is 2.20 bits per heavy atom. The molecule has 1 saturated heterocycles. The van der Waals surface area contributed by atoms with Crippen molar-refractivity contribution < 1.29 is 9.47 Å². The summed E-state index contributed by atoms with van der Waals surface area (Å²) in [7, 11) is 0. The first kappa shape index (κ1) is 13.7. The summed E-state index contributed by atoms with van der Waals surface area (Å²) in [5, 5.41) is 0. The van der Waals surface area contributed by atoms with Crippen molar-refractivity contribution in [3.63, 3.8) is 0 Å². The van der Waals surface area contributed by atoms with E-state index in [9.17, 15) is 0 Å². The van der Waals surface area contributed by atoms with Crippen LogP contribution < -0.4 is 15.2 Å². The standard InChI is InChI=1S/C16H24N2O2/c1-16(2)8-13-4-3-5-14(15(13)20-16)19-7-6-18-10-12(9-17)11-18/h3-5,12H,6-11,17H2,1-2H3.